The minimum Gasteiger partial charge on any atom is -0.462 e. The third-order valence-electron chi connectivity index (χ3n) is 2.08. The number of nitrogens with one attached hydrogen (secondary N) is 1. The molecule has 88 valence electrons. The summed E-state index contributed by atoms with van der Waals surface area (Å²) in [6.07, 6.45) is 1.40. The van der Waals surface area contributed by atoms with E-state index in [4.69, 9.17) is 10.2 Å². The summed E-state index contributed by atoms with van der Waals surface area (Å²) in [7, 11) is 1.51. The van der Waals surface area contributed by atoms with Crippen LogP contribution in [-0.2, 0) is 0 Å². The summed E-state index contributed by atoms with van der Waals surface area (Å²) in [6.45, 7) is 0. The van der Waals surface area contributed by atoms with Gasteiger partial charge in [0.05, 0.1) is 11.2 Å². The highest BCUT2D eigenvalue weighted by Crippen LogP contribution is 2.33. The molecule has 2 aromatic heterocycles. The summed E-state index contributed by atoms with van der Waals surface area (Å²) >= 11 is 0. The fraction of sp³-hybridized carbons (Fsp3) is 0.111. The molecule has 0 aromatic carbocycles. The Morgan fingerprint density at radius 3 is 2.82 bits per heavy atom. The van der Waals surface area contributed by atoms with Crippen molar-refractivity contribution in [1.29, 1.82) is 0 Å². The molecule has 0 spiro atoms. The Labute approximate surface area is 95.6 Å². The van der Waals surface area contributed by atoms with E-state index < -0.39 is 4.92 Å². The summed E-state index contributed by atoms with van der Waals surface area (Å²) in [5.74, 6) is 0.252. The average molecular weight is 235 g/mol. The molecule has 8 nitrogen and oxygen atoms in total. The number of nitro groups is 1. The van der Waals surface area contributed by atoms with Gasteiger partial charge >= 0.3 is 5.69 Å². The monoisotopic (exact) mass is 235 g/mol. The van der Waals surface area contributed by atoms with Crippen LogP contribution in [0.1, 0.15) is 0 Å². The van der Waals surface area contributed by atoms with Crippen molar-refractivity contribution in [1.82, 2.24) is 9.97 Å². The first-order chi connectivity index (χ1) is 8.13. The molecule has 0 atom stereocenters. The number of anilines is 2. The van der Waals surface area contributed by atoms with Crippen LogP contribution < -0.4 is 11.1 Å². The van der Waals surface area contributed by atoms with Gasteiger partial charge in [-0.25, -0.2) is 4.98 Å². The summed E-state index contributed by atoms with van der Waals surface area (Å²) in [4.78, 5) is 18.0. The zero-order valence-corrected chi connectivity index (χ0v) is 8.88. The smallest absolute Gasteiger partial charge is 0.340 e. The van der Waals surface area contributed by atoms with Crippen LogP contribution in [0.15, 0.2) is 22.8 Å². The van der Waals surface area contributed by atoms with E-state index in [1.54, 1.807) is 12.1 Å². The SMILES string of the molecule is CNc1nc(N)nc(-c2ccco2)c1[N+](=O)[O-]. The molecule has 0 amide bonds. The van der Waals surface area contributed by atoms with E-state index in [-0.39, 0.29) is 28.9 Å². The maximum absolute atomic E-state index is 11.0. The summed E-state index contributed by atoms with van der Waals surface area (Å²) in [5, 5.41) is 13.6. The standard InChI is InChI=1S/C9H9N5O3/c1-11-8-7(14(15)16)6(12-9(10)13-8)5-3-2-4-17-5/h2-4H,1H3,(H3,10,11,12,13). The van der Waals surface area contributed by atoms with Gasteiger partial charge in [0.25, 0.3) is 0 Å². The molecular weight excluding hydrogens is 226 g/mol. The number of hydrogen-bond acceptors (Lipinski definition) is 7. The van der Waals surface area contributed by atoms with Crippen LogP contribution in [0.25, 0.3) is 11.5 Å². The molecule has 0 fully saturated rings. The fourth-order valence-corrected chi connectivity index (χ4v) is 1.40. The van der Waals surface area contributed by atoms with Gasteiger partial charge in [0.15, 0.2) is 11.5 Å². The minimum absolute atomic E-state index is 0.0499. The number of furan rings is 1. The molecule has 2 heterocycles. The van der Waals surface area contributed by atoms with Crippen molar-refractivity contribution in [2.45, 2.75) is 0 Å². The Balaban J connectivity index is 2.72. The molecule has 0 radical (unpaired) electrons. The topological polar surface area (TPSA) is 120 Å². The lowest BCUT2D eigenvalue weighted by atomic mass is 10.2. The number of aromatic nitrogens is 2. The largest absolute Gasteiger partial charge is 0.462 e. The summed E-state index contributed by atoms with van der Waals surface area (Å²) in [6, 6.07) is 3.17. The highest BCUT2D eigenvalue weighted by Gasteiger charge is 2.26. The Morgan fingerprint density at radius 2 is 2.29 bits per heavy atom. The van der Waals surface area contributed by atoms with Gasteiger partial charge in [-0.2, -0.15) is 4.98 Å². The van der Waals surface area contributed by atoms with E-state index in [0.29, 0.717) is 0 Å². The van der Waals surface area contributed by atoms with E-state index in [1.165, 1.54) is 13.3 Å². The van der Waals surface area contributed by atoms with Crippen LogP contribution in [-0.4, -0.2) is 21.9 Å². The first-order valence-electron chi connectivity index (χ1n) is 4.67. The fourth-order valence-electron chi connectivity index (χ4n) is 1.40. The van der Waals surface area contributed by atoms with Crippen molar-refractivity contribution in [2.75, 3.05) is 18.1 Å². The number of nitrogens with zero attached hydrogens (tertiary/aromatic N) is 3. The first kappa shape index (κ1) is 10.9. The Morgan fingerprint density at radius 1 is 1.53 bits per heavy atom. The lowest BCUT2D eigenvalue weighted by molar-refractivity contribution is -0.383. The predicted octanol–water partition coefficient (Wildman–Crippen LogP) is 1.27. The van der Waals surface area contributed by atoms with Crippen molar-refractivity contribution in [3.8, 4) is 11.5 Å². The third-order valence-corrected chi connectivity index (χ3v) is 2.08. The van der Waals surface area contributed by atoms with Crippen LogP contribution in [0.4, 0.5) is 17.5 Å². The van der Waals surface area contributed by atoms with Crippen LogP contribution >= 0.6 is 0 Å². The quantitative estimate of drug-likeness (QED) is 0.606. The number of nitrogens with two attached hydrogens (primary N) is 1. The molecule has 0 unspecified atom stereocenters. The second kappa shape index (κ2) is 4.08. The van der Waals surface area contributed by atoms with E-state index in [0.717, 1.165) is 0 Å². The van der Waals surface area contributed by atoms with Gasteiger partial charge in [-0.15, -0.1) is 0 Å². The minimum atomic E-state index is -0.580. The summed E-state index contributed by atoms with van der Waals surface area (Å²) in [5.41, 5.74) is 5.27. The van der Waals surface area contributed by atoms with Crippen LogP contribution in [0, 0.1) is 10.1 Å². The maximum atomic E-state index is 11.0. The lowest BCUT2D eigenvalue weighted by Crippen LogP contribution is -2.06. The predicted molar refractivity (Wildman–Crippen MR) is 60.3 cm³/mol. The van der Waals surface area contributed by atoms with E-state index in [2.05, 4.69) is 15.3 Å². The molecule has 17 heavy (non-hydrogen) atoms. The second-order valence-corrected chi connectivity index (χ2v) is 3.11. The van der Waals surface area contributed by atoms with Crippen LogP contribution in [0.5, 0.6) is 0 Å². The van der Waals surface area contributed by atoms with Gasteiger partial charge < -0.3 is 15.5 Å². The number of nitrogen functional groups attached to an aromatic ring is 1. The molecule has 3 N–H and O–H groups in total. The van der Waals surface area contributed by atoms with Crippen molar-refractivity contribution >= 4 is 17.5 Å². The molecule has 0 saturated heterocycles. The van der Waals surface area contributed by atoms with Gasteiger partial charge in [-0.3, -0.25) is 10.1 Å². The molecule has 0 aliphatic carbocycles. The van der Waals surface area contributed by atoms with Gasteiger partial charge in [-0.05, 0) is 12.1 Å². The average Bonchev–Trinajstić information content (AvgIpc) is 2.80. The van der Waals surface area contributed by atoms with Gasteiger partial charge in [0.1, 0.15) is 0 Å². The van der Waals surface area contributed by atoms with Crippen molar-refractivity contribution in [2.24, 2.45) is 0 Å². The van der Waals surface area contributed by atoms with Crippen molar-refractivity contribution < 1.29 is 9.34 Å². The van der Waals surface area contributed by atoms with Crippen LogP contribution in [0.2, 0.25) is 0 Å². The van der Waals surface area contributed by atoms with E-state index in [1.807, 2.05) is 0 Å². The molecule has 0 saturated carbocycles. The molecule has 0 aliphatic rings. The highest BCUT2D eigenvalue weighted by atomic mass is 16.6. The van der Waals surface area contributed by atoms with Gasteiger partial charge in [-0.1, -0.05) is 0 Å². The Bertz CT molecular complexity index is 552. The Hall–Kier alpha value is -2.64. The molecule has 2 aromatic rings. The normalized spacial score (nSPS) is 10.2. The van der Waals surface area contributed by atoms with Crippen LogP contribution in [0.3, 0.4) is 0 Å². The third kappa shape index (κ3) is 1.87. The van der Waals surface area contributed by atoms with Crippen molar-refractivity contribution in [3.05, 3.63) is 28.5 Å². The first-order valence-corrected chi connectivity index (χ1v) is 4.67. The zero-order valence-electron chi connectivity index (χ0n) is 8.88. The number of rotatable bonds is 3. The maximum Gasteiger partial charge on any atom is 0.340 e. The summed E-state index contributed by atoms with van der Waals surface area (Å²) < 4.78 is 5.09. The Kier molecular flexibility index (Phi) is 2.61. The molecular formula is C9H9N5O3. The van der Waals surface area contributed by atoms with E-state index >= 15 is 0 Å². The lowest BCUT2D eigenvalue weighted by Gasteiger charge is -2.05. The van der Waals surface area contributed by atoms with Crippen molar-refractivity contribution in [3.63, 3.8) is 0 Å². The van der Waals surface area contributed by atoms with Gasteiger partial charge in [0.2, 0.25) is 11.8 Å². The second-order valence-electron chi connectivity index (χ2n) is 3.11. The number of hydrogen-bond donors (Lipinski definition) is 2. The molecule has 2 rings (SSSR count). The van der Waals surface area contributed by atoms with Gasteiger partial charge in [0, 0.05) is 7.05 Å². The van der Waals surface area contributed by atoms with E-state index in [9.17, 15) is 10.1 Å². The zero-order chi connectivity index (χ0) is 12.4. The molecule has 0 bridgehead atoms. The molecule has 0 aliphatic heterocycles. The molecule has 8 heteroatoms. The highest BCUT2D eigenvalue weighted by molar-refractivity contribution is 5.75.